The minimum Gasteiger partial charge on any atom is -0.508 e. The van der Waals surface area contributed by atoms with Crippen LogP contribution >= 0.6 is 0 Å². The van der Waals surface area contributed by atoms with E-state index < -0.39 is 0 Å². The Labute approximate surface area is 85.8 Å². The molecule has 14 heavy (non-hydrogen) atoms. The van der Waals surface area contributed by atoms with Crippen LogP contribution in [-0.4, -0.2) is 5.11 Å². The highest BCUT2D eigenvalue weighted by atomic mass is 16.3. The molecule has 0 amide bonds. The lowest BCUT2D eigenvalue weighted by molar-refractivity contribution is 0.426. The highest BCUT2D eigenvalue weighted by Gasteiger charge is 2.22. The fraction of sp³-hybridized carbons (Fsp3) is 0.538. The molecule has 1 aromatic rings. The quantitative estimate of drug-likeness (QED) is 0.759. The maximum Gasteiger partial charge on any atom is 0.115 e. The van der Waals surface area contributed by atoms with Crippen LogP contribution in [0.5, 0.6) is 5.75 Å². The Hall–Kier alpha value is -0.980. The van der Waals surface area contributed by atoms with E-state index in [0.717, 1.165) is 18.3 Å². The largest absolute Gasteiger partial charge is 0.508 e. The van der Waals surface area contributed by atoms with Crippen molar-refractivity contribution in [3.8, 4) is 5.75 Å². The number of phenolic OH excluding ortho intramolecular Hbond substituents is 1. The standard InChI is InChI=1S/C13H18O/c1-9(2)5-10-6-11-3-4-13(14)8-12(11)7-10/h3-4,8-10,14H,5-7H2,1-2H3. The predicted molar refractivity (Wildman–Crippen MR) is 58.5 cm³/mol. The van der Waals surface area contributed by atoms with Crippen molar-refractivity contribution in [1.29, 1.82) is 0 Å². The van der Waals surface area contributed by atoms with Gasteiger partial charge in [0.25, 0.3) is 0 Å². The van der Waals surface area contributed by atoms with E-state index >= 15 is 0 Å². The lowest BCUT2D eigenvalue weighted by Gasteiger charge is -2.10. The summed E-state index contributed by atoms with van der Waals surface area (Å²) in [5.74, 6) is 1.99. The zero-order chi connectivity index (χ0) is 10.1. The third-order valence-electron chi connectivity index (χ3n) is 3.01. The molecule has 1 nitrogen and oxygen atoms in total. The van der Waals surface area contributed by atoms with E-state index in [1.807, 2.05) is 6.07 Å². The molecule has 1 N–H and O–H groups in total. The molecular weight excluding hydrogens is 172 g/mol. The van der Waals surface area contributed by atoms with Gasteiger partial charge in [0.2, 0.25) is 0 Å². The topological polar surface area (TPSA) is 20.2 Å². The molecule has 76 valence electrons. The number of fused-ring (bicyclic) bond motifs is 1. The van der Waals surface area contributed by atoms with Crippen LogP contribution in [0.2, 0.25) is 0 Å². The molecule has 0 bridgehead atoms. The number of hydrogen-bond donors (Lipinski definition) is 1. The smallest absolute Gasteiger partial charge is 0.115 e. The molecule has 0 saturated heterocycles. The van der Waals surface area contributed by atoms with Gasteiger partial charge in [0.05, 0.1) is 0 Å². The molecular formula is C13H18O. The third kappa shape index (κ3) is 1.92. The Morgan fingerprint density at radius 2 is 2.00 bits per heavy atom. The summed E-state index contributed by atoms with van der Waals surface area (Å²) < 4.78 is 0. The van der Waals surface area contributed by atoms with Gasteiger partial charge in [-0.2, -0.15) is 0 Å². The molecule has 0 saturated carbocycles. The van der Waals surface area contributed by atoms with Crippen molar-refractivity contribution in [2.45, 2.75) is 33.1 Å². The van der Waals surface area contributed by atoms with Crippen molar-refractivity contribution in [3.05, 3.63) is 29.3 Å². The van der Waals surface area contributed by atoms with Gasteiger partial charge in [-0.3, -0.25) is 0 Å². The fourth-order valence-electron chi connectivity index (χ4n) is 2.53. The monoisotopic (exact) mass is 190 g/mol. The zero-order valence-electron chi connectivity index (χ0n) is 8.96. The maximum atomic E-state index is 9.36. The molecule has 0 aromatic heterocycles. The van der Waals surface area contributed by atoms with E-state index in [0.29, 0.717) is 5.75 Å². The van der Waals surface area contributed by atoms with Gasteiger partial charge in [-0.1, -0.05) is 19.9 Å². The van der Waals surface area contributed by atoms with Crippen LogP contribution in [0.15, 0.2) is 18.2 Å². The highest BCUT2D eigenvalue weighted by molar-refractivity contribution is 5.38. The van der Waals surface area contributed by atoms with Crippen LogP contribution in [0.1, 0.15) is 31.4 Å². The normalized spacial score (nSPS) is 20.1. The molecule has 0 heterocycles. The van der Waals surface area contributed by atoms with Crippen molar-refractivity contribution in [2.24, 2.45) is 11.8 Å². The Kier molecular flexibility index (Phi) is 2.49. The van der Waals surface area contributed by atoms with E-state index in [1.54, 1.807) is 6.07 Å². The summed E-state index contributed by atoms with van der Waals surface area (Å²) in [5.41, 5.74) is 2.80. The lowest BCUT2D eigenvalue weighted by atomic mass is 9.95. The van der Waals surface area contributed by atoms with E-state index in [2.05, 4.69) is 19.9 Å². The summed E-state index contributed by atoms with van der Waals surface area (Å²) >= 11 is 0. The fourth-order valence-corrected chi connectivity index (χ4v) is 2.53. The Bertz CT molecular complexity index is 328. The molecule has 0 radical (unpaired) electrons. The second kappa shape index (κ2) is 3.64. The van der Waals surface area contributed by atoms with Gasteiger partial charge in [-0.05, 0) is 54.4 Å². The summed E-state index contributed by atoms with van der Waals surface area (Å²) in [4.78, 5) is 0. The molecule has 1 atom stereocenters. The number of phenols is 1. The zero-order valence-corrected chi connectivity index (χ0v) is 8.96. The summed E-state index contributed by atoms with van der Waals surface area (Å²) in [5, 5.41) is 9.36. The van der Waals surface area contributed by atoms with Crippen molar-refractivity contribution in [3.63, 3.8) is 0 Å². The van der Waals surface area contributed by atoms with Crippen molar-refractivity contribution < 1.29 is 5.11 Å². The predicted octanol–water partition coefficient (Wildman–Crippen LogP) is 3.15. The highest BCUT2D eigenvalue weighted by Crippen LogP contribution is 2.32. The van der Waals surface area contributed by atoms with E-state index in [1.165, 1.54) is 24.0 Å². The average molecular weight is 190 g/mol. The van der Waals surface area contributed by atoms with Gasteiger partial charge in [-0.25, -0.2) is 0 Å². The molecule has 0 aliphatic heterocycles. The third-order valence-corrected chi connectivity index (χ3v) is 3.01. The first-order chi connectivity index (χ1) is 6.65. The summed E-state index contributed by atoms with van der Waals surface area (Å²) in [6.07, 6.45) is 3.66. The van der Waals surface area contributed by atoms with E-state index in [9.17, 15) is 5.11 Å². The van der Waals surface area contributed by atoms with Crippen molar-refractivity contribution in [2.75, 3.05) is 0 Å². The number of aromatic hydroxyl groups is 1. The molecule has 0 spiro atoms. The Morgan fingerprint density at radius 3 is 2.71 bits per heavy atom. The lowest BCUT2D eigenvalue weighted by Crippen LogP contribution is -2.03. The molecule has 1 aliphatic rings. The second-order valence-electron chi connectivity index (χ2n) is 4.86. The summed E-state index contributed by atoms with van der Waals surface area (Å²) in [6, 6.07) is 5.80. The molecule has 1 unspecified atom stereocenters. The van der Waals surface area contributed by atoms with Gasteiger partial charge in [0, 0.05) is 0 Å². The number of benzene rings is 1. The van der Waals surface area contributed by atoms with Gasteiger partial charge in [-0.15, -0.1) is 0 Å². The van der Waals surface area contributed by atoms with Gasteiger partial charge in [0.1, 0.15) is 5.75 Å². The van der Waals surface area contributed by atoms with Crippen molar-refractivity contribution in [1.82, 2.24) is 0 Å². The van der Waals surface area contributed by atoms with Gasteiger partial charge >= 0.3 is 0 Å². The summed E-state index contributed by atoms with van der Waals surface area (Å²) in [7, 11) is 0. The van der Waals surface area contributed by atoms with Crippen LogP contribution in [0.4, 0.5) is 0 Å². The van der Waals surface area contributed by atoms with Crippen LogP contribution in [0, 0.1) is 11.8 Å². The first-order valence-electron chi connectivity index (χ1n) is 5.46. The van der Waals surface area contributed by atoms with Crippen molar-refractivity contribution >= 4 is 0 Å². The number of hydrogen-bond acceptors (Lipinski definition) is 1. The first kappa shape index (κ1) is 9.57. The molecule has 0 fully saturated rings. The SMILES string of the molecule is CC(C)CC1Cc2ccc(O)cc2C1. The van der Waals surface area contributed by atoms with Crippen LogP contribution < -0.4 is 0 Å². The Morgan fingerprint density at radius 1 is 1.29 bits per heavy atom. The van der Waals surface area contributed by atoms with E-state index in [4.69, 9.17) is 0 Å². The second-order valence-corrected chi connectivity index (χ2v) is 4.86. The van der Waals surface area contributed by atoms with Crippen LogP contribution in [0.3, 0.4) is 0 Å². The molecule has 2 rings (SSSR count). The van der Waals surface area contributed by atoms with Gasteiger partial charge in [0.15, 0.2) is 0 Å². The minimum atomic E-state index is 0.411. The number of rotatable bonds is 2. The van der Waals surface area contributed by atoms with Gasteiger partial charge < -0.3 is 5.11 Å². The average Bonchev–Trinajstić information content (AvgIpc) is 2.44. The molecule has 1 aliphatic carbocycles. The minimum absolute atomic E-state index is 0.411. The van der Waals surface area contributed by atoms with Crippen LogP contribution in [0.25, 0.3) is 0 Å². The molecule has 1 aromatic carbocycles. The van der Waals surface area contributed by atoms with E-state index in [-0.39, 0.29) is 0 Å². The van der Waals surface area contributed by atoms with Crippen LogP contribution in [-0.2, 0) is 12.8 Å². The first-order valence-corrected chi connectivity index (χ1v) is 5.46. The Balaban J connectivity index is 2.10. The maximum absolute atomic E-state index is 9.36. The molecule has 1 heteroatoms. The summed E-state index contributed by atoms with van der Waals surface area (Å²) in [6.45, 7) is 4.56.